The highest BCUT2D eigenvalue weighted by Crippen LogP contribution is 2.31. The van der Waals surface area contributed by atoms with Crippen LogP contribution in [-0.4, -0.2) is 68.2 Å². The Morgan fingerprint density at radius 1 is 1.04 bits per heavy atom. The second-order valence-electron chi connectivity index (χ2n) is 7.14. The van der Waals surface area contributed by atoms with E-state index >= 15 is 0 Å². The summed E-state index contributed by atoms with van der Waals surface area (Å²) in [5.41, 5.74) is 0. The van der Waals surface area contributed by atoms with Crippen LogP contribution in [0.4, 0.5) is 0 Å². The molecule has 0 N–H and O–H groups in total. The molecule has 132 valence electrons. The summed E-state index contributed by atoms with van der Waals surface area (Å²) in [4.78, 5) is 14.4. The molecular formula is C16H28N2O4S. The highest BCUT2D eigenvalue weighted by Gasteiger charge is 2.39. The van der Waals surface area contributed by atoms with E-state index in [-0.39, 0.29) is 23.9 Å². The summed E-state index contributed by atoms with van der Waals surface area (Å²) in [6, 6.07) is -0.0617. The lowest BCUT2D eigenvalue weighted by atomic mass is 9.84. The summed E-state index contributed by atoms with van der Waals surface area (Å²) < 4.78 is 31.8. The summed E-state index contributed by atoms with van der Waals surface area (Å²) in [6.45, 7) is 2.57. The molecule has 1 unspecified atom stereocenters. The van der Waals surface area contributed by atoms with Crippen LogP contribution in [0.2, 0.25) is 0 Å². The maximum absolute atomic E-state index is 12.5. The monoisotopic (exact) mass is 344 g/mol. The summed E-state index contributed by atoms with van der Waals surface area (Å²) in [7, 11) is -3.29. The van der Waals surface area contributed by atoms with E-state index in [0.29, 0.717) is 19.8 Å². The molecule has 23 heavy (non-hydrogen) atoms. The number of carbonyl (C=O) groups excluding carboxylic acids is 1. The first kappa shape index (κ1) is 17.2. The molecular weight excluding hydrogens is 316 g/mol. The van der Waals surface area contributed by atoms with Crippen LogP contribution in [0.3, 0.4) is 0 Å². The van der Waals surface area contributed by atoms with Crippen LogP contribution in [0, 0.1) is 5.92 Å². The molecule has 0 aromatic rings. The third-order valence-corrected chi connectivity index (χ3v) is 6.82. The van der Waals surface area contributed by atoms with Crippen molar-refractivity contribution >= 4 is 15.9 Å². The molecule has 2 saturated heterocycles. The first-order valence-electron chi connectivity index (χ1n) is 8.82. The second kappa shape index (κ2) is 7.07. The van der Waals surface area contributed by atoms with Crippen LogP contribution in [0.25, 0.3) is 0 Å². The lowest BCUT2D eigenvalue weighted by Crippen LogP contribution is -2.56. The number of hydrogen-bond acceptors (Lipinski definition) is 4. The number of carbonyl (C=O) groups is 1. The van der Waals surface area contributed by atoms with Gasteiger partial charge in [0.05, 0.1) is 6.26 Å². The van der Waals surface area contributed by atoms with Gasteiger partial charge in [0, 0.05) is 44.3 Å². The smallest absolute Gasteiger partial charge is 0.225 e. The van der Waals surface area contributed by atoms with E-state index in [1.54, 1.807) is 4.31 Å². The molecule has 0 radical (unpaired) electrons. The van der Waals surface area contributed by atoms with E-state index in [1.165, 1.54) is 6.26 Å². The Morgan fingerprint density at radius 2 is 1.74 bits per heavy atom. The fourth-order valence-corrected chi connectivity index (χ4v) is 5.52. The van der Waals surface area contributed by atoms with Crippen molar-refractivity contribution in [2.45, 2.75) is 57.0 Å². The summed E-state index contributed by atoms with van der Waals surface area (Å²) >= 11 is 0. The van der Waals surface area contributed by atoms with Crippen molar-refractivity contribution < 1.29 is 17.9 Å². The van der Waals surface area contributed by atoms with Gasteiger partial charge >= 0.3 is 0 Å². The first-order chi connectivity index (χ1) is 11.0. The lowest BCUT2D eigenvalue weighted by Gasteiger charge is -2.43. The molecule has 3 rings (SSSR count). The van der Waals surface area contributed by atoms with Gasteiger partial charge in [-0.15, -0.1) is 0 Å². The largest absolute Gasteiger partial charge is 0.381 e. The van der Waals surface area contributed by atoms with Crippen molar-refractivity contribution in [1.29, 1.82) is 0 Å². The molecule has 7 heteroatoms. The predicted octanol–water partition coefficient (Wildman–Crippen LogP) is 1.22. The zero-order valence-electron chi connectivity index (χ0n) is 13.9. The van der Waals surface area contributed by atoms with E-state index in [2.05, 4.69) is 0 Å². The summed E-state index contributed by atoms with van der Waals surface area (Å²) in [6.07, 6.45) is 7.67. The van der Waals surface area contributed by atoms with Crippen LogP contribution in [0.5, 0.6) is 0 Å². The topological polar surface area (TPSA) is 66.9 Å². The van der Waals surface area contributed by atoms with Crippen LogP contribution < -0.4 is 0 Å². The average molecular weight is 344 g/mol. The van der Waals surface area contributed by atoms with Gasteiger partial charge in [-0.1, -0.05) is 6.42 Å². The van der Waals surface area contributed by atoms with Crippen LogP contribution in [-0.2, 0) is 19.6 Å². The number of hydrogen-bond donors (Lipinski definition) is 0. The third kappa shape index (κ3) is 3.88. The van der Waals surface area contributed by atoms with Crippen molar-refractivity contribution in [3.8, 4) is 0 Å². The highest BCUT2D eigenvalue weighted by atomic mass is 32.2. The van der Waals surface area contributed by atoms with Gasteiger partial charge in [-0.25, -0.2) is 8.42 Å². The van der Waals surface area contributed by atoms with Crippen LogP contribution >= 0.6 is 0 Å². The van der Waals surface area contributed by atoms with E-state index < -0.39 is 10.0 Å². The maximum atomic E-state index is 12.5. The SMILES string of the molecule is CS(=O)(=O)N(C1CCOCC1)C1CCCN(C(=O)C2CCC2)C1. The van der Waals surface area contributed by atoms with Crippen molar-refractivity contribution in [1.82, 2.24) is 9.21 Å². The van der Waals surface area contributed by atoms with Crippen molar-refractivity contribution in [2.24, 2.45) is 5.92 Å². The average Bonchev–Trinajstić information content (AvgIpc) is 2.45. The Hall–Kier alpha value is -0.660. The normalized spacial score (nSPS) is 27.9. The van der Waals surface area contributed by atoms with Gasteiger partial charge in [0.1, 0.15) is 0 Å². The number of piperidine rings is 1. The van der Waals surface area contributed by atoms with Crippen molar-refractivity contribution in [2.75, 3.05) is 32.6 Å². The number of ether oxygens (including phenoxy) is 1. The van der Waals surface area contributed by atoms with Crippen molar-refractivity contribution in [3.05, 3.63) is 0 Å². The molecule has 1 aliphatic carbocycles. The highest BCUT2D eigenvalue weighted by molar-refractivity contribution is 7.88. The van der Waals surface area contributed by atoms with E-state index in [9.17, 15) is 13.2 Å². The molecule has 1 atom stereocenters. The molecule has 3 fully saturated rings. The van der Waals surface area contributed by atoms with Crippen molar-refractivity contribution in [3.63, 3.8) is 0 Å². The second-order valence-corrected chi connectivity index (χ2v) is 9.03. The molecule has 2 aliphatic heterocycles. The number of sulfonamides is 1. The fraction of sp³-hybridized carbons (Fsp3) is 0.938. The molecule has 0 spiro atoms. The minimum atomic E-state index is -3.29. The molecule has 6 nitrogen and oxygen atoms in total. The van der Waals surface area contributed by atoms with E-state index in [1.807, 2.05) is 4.90 Å². The maximum Gasteiger partial charge on any atom is 0.225 e. The van der Waals surface area contributed by atoms with Crippen LogP contribution in [0.15, 0.2) is 0 Å². The minimum absolute atomic E-state index is 0.0162. The predicted molar refractivity (Wildman–Crippen MR) is 87.5 cm³/mol. The molecule has 1 amide bonds. The summed E-state index contributed by atoms with van der Waals surface area (Å²) in [5, 5.41) is 0. The Bertz CT molecular complexity index is 526. The molecule has 1 saturated carbocycles. The first-order valence-corrected chi connectivity index (χ1v) is 10.7. The quantitative estimate of drug-likeness (QED) is 0.769. The Labute approximate surface area is 139 Å². The zero-order valence-corrected chi connectivity index (χ0v) is 14.8. The van der Waals surface area contributed by atoms with Gasteiger partial charge in [0.15, 0.2) is 0 Å². The minimum Gasteiger partial charge on any atom is -0.381 e. The molecule has 0 aromatic carbocycles. The van der Waals surface area contributed by atoms with Gasteiger partial charge in [-0.2, -0.15) is 4.31 Å². The standard InChI is InChI=1S/C16H28N2O4S/c1-23(20,21)18(14-7-10-22-11-8-14)15-6-3-9-17(12-15)16(19)13-4-2-5-13/h13-15H,2-12H2,1H3. The van der Waals surface area contributed by atoms with Gasteiger partial charge in [0.25, 0.3) is 0 Å². The van der Waals surface area contributed by atoms with Gasteiger partial charge in [0.2, 0.25) is 15.9 Å². The Kier molecular flexibility index (Phi) is 5.28. The number of likely N-dealkylation sites (tertiary alicyclic amines) is 1. The lowest BCUT2D eigenvalue weighted by molar-refractivity contribution is -0.140. The summed E-state index contributed by atoms with van der Waals surface area (Å²) in [5.74, 6) is 0.421. The third-order valence-electron chi connectivity index (χ3n) is 5.46. The molecule has 3 aliphatic rings. The number of amides is 1. The Balaban J connectivity index is 1.71. The van der Waals surface area contributed by atoms with Gasteiger partial charge < -0.3 is 9.64 Å². The zero-order chi connectivity index (χ0) is 16.4. The Morgan fingerprint density at radius 3 is 2.30 bits per heavy atom. The molecule has 0 aromatic heterocycles. The number of nitrogens with zero attached hydrogens (tertiary/aromatic N) is 2. The molecule has 0 bridgehead atoms. The van der Waals surface area contributed by atoms with Gasteiger partial charge in [-0.05, 0) is 38.5 Å². The van der Waals surface area contributed by atoms with E-state index in [4.69, 9.17) is 4.74 Å². The number of rotatable bonds is 4. The molecule has 2 heterocycles. The van der Waals surface area contributed by atoms with Gasteiger partial charge in [-0.3, -0.25) is 4.79 Å². The van der Waals surface area contributed by atoms with Crippen LogP contribution in [0.1, 0.15) is 44.9 Å². The fourth-order valence-electron chi connectivity index (χ4n) is 4.06. The van der Waals surface area contributed by atoms with E-state index in [0.717, 1.165) is 51.5 Å².